The van der Waals surface area contributed by atoms with Crippen LogP contribution in [0.25, 0.3) is 22.6 Å². The number of ether oxygens (including phenoxy) is 3. The van der Waals surface area contributed by atoms with E-state index in [4.69, 9.17) is 19.2 Å². The zero-order valence-electron chi connectivity index (χ0n) is 20.7. The van der Waals surface area contributed by atoms with E-state index in [0.29, 0.717) is 23.5 Å². The third-order valence-electron chi connectivity index (χ3n) is 6.93. The molecule has 1 aliphatic heterocycles. The molecule has 2 heterocycles. The third kappa shape index (κ3) is 4.65. The van der Waals surface area contributed by atoms with Gasteiger partial charge in [-0.25, -0.2) is 9.78 Å². The van der Waals surface area contributed by atoms with Gasteiger partial charge in [-0.05, 0) is 73.1 Å². The summed E-state index contributed by atoms with van der Waals surface area (Å²) in [6.45, 7) is 1.22. The molecule has 36 heavy (non-hydrogen) atoms. The van der Waals surface area contributed by atoms with Gasteiger partial charge in [0.2, 0.25) is 0 Å². The molecule has 0 bridgehead atoms. The number of piperidine rings is 1. The molecule has 1 saturated heterocycles. The summed E-state index contributed by atoms with van der Waals surface area (Å²) in [7, 11) is 3.22. The standard InChI is InChI=1S/C29H30N2O5/c1-34-24-13-10-19(17-25(24)35-2)16-20-11-12-22-27(21-8-4-5-9-23(21)30-28(20)22)29(33)36-18-26(32)31-14-6-3-7-15-31/h4-5,8-10,13,16-17H,3,6-7,11-12,14-15,18H2,1-2H3/b20-16+. The van der Waals surface area contributed by atoms with Crippen LogP contribution in [-0.4, -0.2) is 55.7 Å². The molecule has 186 valence electrons. The number of hydrogen-bond acceptors (Lipinski definition) is 6. The summed E-state index contributed by atoms with van der Waals surface area (Å²) in [5.41, 5.74) is 4.92. The average molecular weight is 487 g/mol. The van der Waals surface area contributed by atoms with Gasteiger partial charge in [-0.2, -0.15) is 0 Å². The second-order valence-corrected chi connectivity index (χ2v) is 9.13. The molecular formula is C29H30N2O5. The van der Waals surface area contributed by atoms with Gasteiger partial charge < -0.3 is 19.1 Å². The van der Waals surface area contributed by atoms with Crippen molar-refractivity contribution in [3.05, 3.63) is 64.8 Å². The zero-order valence-corrected chi connectivity index (χ0v) is 20.7. The van der Waals surface area contributed by atoms with E-state index in [1.165, 1.54) is 0 Å². The molecule has 2 aliphatic rings. The Bertz CT molecular complexity index is 1340. The lowest BCUT2D eigenvalue weighted by atomic mass is 10.0. The van der Waals surface area contributed by atoms with Crippen molar-refractivity contribution >= 4 is 34.4 Å². The van der Waals surface area contributed by atoms with Crippen molar-refractivity contribution < 1.29 is 23.8 Å². The van der Waals surface area contributed by atoms with E-state index >= 15 is 0 Å². The van der Waals surface area contributed by atoms with Gasteiger partial charge in [0, 0.05) is 18.5 Å². The number of methoxy groups -OCH3 is 2. The monoisotopic (exact) mass is 486 g/mol. The minimum atomic E-state index is -0.470. The molecule has 7 nitrogen and oxygen atoms in total. The Morgan fingerprint density at radius 3 is 2.53 bits per heavy atom. The number of hydrogen-bond donors (Lipinski definition) is 0. The second kappa shape index (κ2) is 10.4. The topological polar surface area (TPSA) is 78.0 Å². The quantitative estimate of drug-likeness (QED) is 0.461. The van der Waals surface area contributed by atoms with Gasteiger partial charge in [0.15, 0.2) is 18.1 Å². The number of carbonyl (C=O) groups excluding carboxylic acids is 2. The summed E-state index contributed by atoms with van der Waals surface area (Å²) in [5.74, 6) is 0.716. The molecule has 5 rings (SSSR count). The summed E-state index contributed by atoms with van der Waals surface area (Å²) in [6, 6.07) is 13.3. The maximum Gasteiger partial charge on any atom is 0.339 e. The van der Waals surface area contributed by atoms with Crippen LogP contribution in [-0.2, 0) is 16.0 Å². The van der Waals surface area contributed by atoms with Gasteiger partial charge in [0.1, 0.15) is 0 Å². The maximum absolute atomic E-state index is 13.4. The van der Waals surface area contributed by atoms with Crippen molar-refractivity contribution in [2.24, 2.45) is 0 Å². The number of benzene rings is 2. The molecule has 0 saturated carbocycles. The second-order valence-electron chi connectivity index (χ2n) is 9.13. The Morgan fingerprint density at radius 2 is 1.75 bits per heavy atom. The Morgan fingerprint density at radius 1 is 0.972 bits per heavy atom. The van der Waals surface area contributed by atoms with Crippen LogP contribution in [0.3, 0.4) is 0 Å². The summed E-state index contributed by atoms with van der Waals surface area (Å²) < 4.78 is 16.4. The number of likely N-dealkylation sites (tertiary alicyclic amines) is 1. The average Bonchev–Trinajstić information content (AvgIpc) is 3.32. The first-order valence-corrected chi connectivity index (χ1v) is 12.4. The fourth-order valence-corrected chi connectivity index (χ4v) is 5.09. The van der Waals surface area contributed by atoms with Crippen LogP contribution in [0, 0.1) is 0 Å². The van der Waals surface area contributed by atoms with E-state index < -0.39 is 5.97 Å². The van der Waals surface area contributed by atoms with E-state index in [0.717, 1.165) is 72.1 Å². The van der Waals surface area contributed by atoms with Crippen molar-refractivity contribution in [1.29, 1.82) is 0 Å². The van der Waals surface area contributed by atoms with Gasteiger partial charge in [0.25, 0.3) is 5.91 Å². The highest BCUT2D eigenvalue weighted by molar-refractivity contribution is 6.07. The Hall–Kier alpha value is -3.87. The Labute approximate surface area is 210 Å². The van der Waals surface area contributed by atoms with Gasteiger partial charge in [0.05, 0.1) is 31.0 Å². The summed E-state index contributed by atoms with van der Waals surface area (Å²) in [5, 5.41) is 0.749. The van der Waals surface area contributed by atoms with Crippen LogP contribution in [0.15, 0.2) is 42.5 Å². The van der Waals surface area contributed by atoms with Crippen molar-refractivity contribution in [3.63, 3.8) is 0 Å². The van der Waals surface area contributed by atoms with Crippen molar-refractivity contribution in [2.45, 2.75) is 32.1 Å². The van der Waals surface area contributed by atoms with E-state index in [2.05, 4.69) is 6.08 Å². The SMILES string of the molecule is COc1ccc(/C=C2\CCc3c2nc2ccccc2c3C(=O)OCC(=O)N2CCCCC2)cc1OC. The van der Waals surface area contributed by atoms with Gasteiger partial charge in [-0.15, -0.1) is 0 Å². The summed E-state index contributed by atoms with van der Waals surface area (Å²) >= 11 is 0. The maximum atomic E-state index is 13.4. The number of fused-ring (bicyclic) bond motifs is 2. The minimum Gasteiger partial charge on any atom is -0.493 e. The Balaban J connectivity index is 1.47. The van der Waals surface area contributed by atoms with Gasteiger partial charge >= 0.3 is 5.97 Å². The first kappa shape index (κ1) is 23.9. The fourth-order valence-electron chi connectivity index (χ4n) is 5.09. The minimum absolute atomic E-state index is 0.132. The molecule has 1 aromatic heterocycles. The number of pyridine rings is 1. The molecule has 1 fully saturated rings. The normalized spacial score (nSPS) is 16.2. The van der Waals surface area contributed by atoms with Gasteiger partial charge in [-0.1, -0.05) is 24.3 Å². The number of carbonyl (C=O) groups is 2. The first-order chi connectivity index (χ1) is 17.6. The van der Waals surface area contributed by atoms with Crippen LogP contribution >= 0.6 is 0 Å². The highest BCUT2D eigenvalue weighted by Crippen LogP contribution is 2.38. The first-order valence-electron chi connectivity index (χ1n) is 12.4. The molecule has 0 atom stereocenters. The number of aromatic nitrogens is 1. The smallest absolute Gasteiger partial charge is 0.339 e. The van der Waals surface area contributed by atoms with Crippen molar-refractivity contribution in [3.8, 4) is 11.5 Å². The molecule has 2 aromatic carbocycles. The van der Waals surface area contributed by atoms with Crippen molar-refractivity contribution in [2.75, 3.05) is 33.9 Å². The number of rotatable bonds is 6. The van der Waals surface area contributed by atoms with Crippen LogP contribution < -0.4 is 9.47 Å². The summed E-state index contributed by atoms with van der Waals surface area (Å²) in [6.07, 6.45) is 6.63. The molecule has 1 aliphatic carbocycles. The van der Waals surface area contributed by atoms with E-state index in [9.17, 15) is 9.59 Å². The number of allylic oxidation sites excluding steroid dienone is 1. The highest BCUT2D eigenvalue weighted by atomic mass is 16.5. The number of amides is 1. The summed E-state index contributed by atoms with van der Waals surface area (Å²) in [4.78, 5) is 32.6. The van der Waals surface area contributed by atoms with Crippen molar-refractivity contribution in [1.82, 2.24) is 9.88 Å². The number of nitrogens with zero attached hydrogens (tertiary/aromatic N) is 2. The van der Waals surface area contributed by atoms with Crippen LogP contribution in [0.4, 0.5) is 0 Å². The largest absolute Gasteiger partial charge is 0.493 e. The molecule has 7 heteroatoms. The van der Waals surface area contributed by atoms with Crippen LogP contribution in [0.5, 0.6) is 11.5 Å². The molecule has 0 radical (unpaired) electrons. The molecular weight excluding hydrogens is 456 g/mol. The lowest BCUT2D eigenvalue weighted by molar-refractivity contribution is -0.135. The lowest BCUT2D eigenvalue weighted by Gasteiger charge is -2.26. The van der Waals surface area contributed by atoms with E-state index in [-0.39, 0.29) is 12.5 Å². The van der Waals surface area contributed by atoms with Crippen LogP contribution in [0.2, 0.25) is 0 Å². The molecule has 0 spiro atoms. The molecule has 0 N–H and O–H groups in total. The zero-order chi connectivity index (χ0) is 25.1. The fraction of sp³-hybridized carbons (Fsp3) is 0.345. The predicted octanol–water partition coefficient (Wildman–Crippen LogP) is 4.91. The predicted molar refractivity (Wildman–Crippen MR) is 138 cm³/mol. The van der Waals surface area contributed by atoms with E-state index in [1.807, 2.05) is 42.5 Å². The third-order valence-corrected chi connectivity index (χ3v) is 6.93. The molecule has 0 unspecified atom stereocenters. The number of esters is 1. The molecule has 3 aromatic rings. The van der Waals surface area contributed by atoms with E-state index in [1.54, 1.807) is 19.1 Å². The Kier molecular flexibility index (Phi) is 6.89. The molecule has 1 amide bonds. The lowest BCUT2D eigenvalue weighted by Crippen LogP contribution is -2.38. The number of para-hydroxylation sites is 1. The van der Waals surface area contributed by atoms with Crippen LogP contribution in [0.1, 0.15) is 52.9 Å². The highest BCUT2D eigenvalue weighted by Gasteiger charge is 2.28. The van der Waals surface area contributed by atoms with Gasteiger partial charge in [-0.3, -0.25) is 4.79 Å².